The van der Waals surface area contributed by atoms with E-state index in [-0.39, 0.29) is 34.5 Å². The molecule has 1 aromatic heterocycles. The van der Waals surface area contributed by atoms with E-state index in [9.17, 15) is 26.4 Å². The van der Waals surface area contributed by atoms with Crippen LogP contribution in [0, 0.1) is 0 Å². The van der Waals surface area contributed by atoms with Crippen molar-refractivity contribution in [3.63, 3.8) is 0 Å². The van der Waals surface area contributed by atoms with Crippen LogP contribution in [0.25, 0.3) is 0 Å². The number of nitrogens with zero attached hydrogens (tertiary/aromatic N) is 1. The van der Waals surface area contributed by atoms with Gasteiger partial charge in [-0.1, -0.05) is 26.0 Å². The minimum absolute atomic E-state index is 0.0304. The molecule has 11 heteroatoms. The van der Waals surface area contributed by atoms with Crippen LogP contribution in [0.2, 0.25) is 0 Å². The van der Waals surface area contributed by atoms with Crippen LogP contribution >= 0.6 is 11.3 Å². The second-order valence-corrected chi connectivity index (χ2v) is 9.84. The topological polar surface area (TPSA) is 88.2 Å². The number of anilines is 2. The first-order valence-corrected chi connectivity index (χ1v) is 11.8. The van der Waals surface area contributed by atoms with Gasteiger partial charge >= 0.3 is 6.18 Å². The molecule has 0 saturated heterocycles. The average Bonchev–Trinajstić information content (AvgIpc) is 3.16. The lowest BCUT2D eigenvalue weighted by molar-refractivity contribution is -0.137. The summed E-state index contributed by atoms with van der Waals surface area (Å²) in [6.45, 7) is 4.00. The van der Waals surface area contributed by atoms with Gasteiger partial charge in [-0.25, -0.2) is 13.4 Å². The molecule has 0 unspecified atom stereocenters. The molecular formula is C21H20F3N3O3S2. The maximum absolute atomic E-state index is 12.9. The summed E-state index contributed by atoms with van der Waals surface area (Å²) in [6, 6.07) is 9.34. The predicted octanol–water partition coefficient (Wildman–Crippen LogP) is 5.27. The molecule has 0 fully saturated rings. The lowest BCUT2D eigenvalue weighted by Crippen LogP contribution is -2.16. The monoisotopic (exact) mass is 483 g/mol. The summed E-state index contributed by atoms with van der Waals surface area (Å²) in [5.74, 6) is -0.117. The van der Waals surface area contributed by atoms with Crippen LogP contribution in [0.5, 0.6) is 0 Å². The van der Waals surface area contributed by atoms with Crippen molar-refractivity contribution >= 4 is 38.6 Å². The van der Waals surface area contributed by atoms with Crippen LogP contribution < -0.4 is 10.0 Å². The van der Waals surface area contributed by atoms with Gasteiger partial charge in [0.2, 0.25) is 5.91 Å². The Kier molecular flexibility index (Phi) is 6.89. The Hall–Kier alpha value is -2.92. The number of alkyl halides is 3. The molecular weight excluding hydrogens is 463 g/mol. The SMILES string of the molecule is CC(C)c1nc(CC(=O)Nc2cccc(S(=O)(=O)Nc3cccc(C(F)(F)F)c3)c2)cs1. The van der Waals surface area contributed by atoms with Gasteiger partial charge in [0, 0.05) is 22.7 Å². The molecule has 0 saturated carbocycles. The van der Waals surface area contributed by atoms with E-state index < -0.39 is 21.8 Å². The molecule has 0 aliphatic rings. The number of carbonyl (C=O) groups excluding carboxylic acids is 1. The lowest BCUT2D eigenvalue weighted by Gasteiger charge is -2.12. The number of rotatable bonds is 7. The molecule has 1 amide bonds. The zero-order chi connectivity index (χ0) is 23.5. The zero-order valence-electron chi connectivity index (χ0n) is 17.1. The molecule has 6 nitrogen and oxygen atoms in total. The Balaban J connectivity index is 1.72. The third-order valence-electron chi connectivity index (χ3n) is 4.28. The molecule has 3 rings (SSSR count). The van der Waals surface area contributed by atoms with Gasteiger partial charge in [-0.15, -0.1) is 11.3 Å². The summed E-state index contributed by atoms with van der Waals surface area (Å²) in [5.41, 5.74) is -0.340. The second-order valence-electron chi connectivity index (χ2n) is 7.27. The second kappa shape index (κ2) is 9.29. The Morgan fingerprint density at radius 3 is 2.44 bits per heavy atom. The smallest absolute Gasteiger partial charge is 0.326 e. The van der Waals surface area contributed by atoms with Crippen LogP contribution in [0.3, 0.4) is 0 Å². The third-order valence-corrected chi connectivity index (χ3v) is 6.85. The van der Waals surface area contributed by atoms with Gasteiger partial charge in [-0.2, -0.15) is 13.2 Å². The molecule has 2 aromatic carbocycles. The van der Waals surface area contributed by atoms with Crippen LogP contribution in [0.15, 0.2) is 58.8 Å². The van der Waals surface area contributed by atoms with E-state index in [0.717, 1.165) is 17.1 Å². The van der Waals surface area contributed by atoms with Gasteiger partial charge in [0.05, 0.1) is 27.6 Å². The van der Waals surface area contributed by atoms with Crippen LogP contribution in [0.1, 0.15) is 36.0 Å². The molecule has 0 aliphatic heterocycles. The van der Waals surface area contributed by atoms with Gasteiger partial charge in [0.1, 0.15) is 0 Å². The number of sulfonamides is 1. The Morgan fingerprint density at radius 1 is 1.09 bits per heavy atom. The molecule has 0 bridgehead atoms. The highest BCUT2D eigenvalue weighted by Gasteiger charge is 2.30. The average molecular weight is 484 g/mol. The Labute approximate surface area is 187 Å². The highest BCUT2D eigenvalue weighted by atomic mass is 32.2. The molecule has 32 heavy (non-hydrogen) atoms. The van der Waals surface area contributed by atoms with E-state index in [4.69, 9.17) is 0 Å². The Bertz CT molecular complexity index is 1220. The molecule has 1 heterocycles. The fourth-order valence-electron chi connectivity index (χ4n) is 2.75. The largest absolute Gasteiger partial charge is 0.416 e. The zero-order valence-corrected chi connectivity index (χ0v) is 18.7. The summed E-state index contributed by atoms with van der Waals surface area (Å²) in [4.78, 5) is 16.5. The summed E-state index contributed by atoms with van der Waals surface area (Å²) in [5, 5.41) is 5.34. The van der Waals surface area contributed by atoms with Gasteiger partial charge in [0.25, 0.3) is 10.0 Å². The molecule has 0 spiro atoms. The van der Waals surface area contributed by atoms with E-state index >= 15 is 0 Å². The summed E-state index contributed by atoms with van der Waals surface area (Å²) >= 11 is 1.47. The number of halogens is 3. The van der Waals surface area contributed by atoms with Crippen molar-refractivity contribution in [2.75, 3.05) is 10.0 Å². The van der Waals surface area contributed by atoms with E-state index in [0.29, 0.717) is 11.8 Å². The van der Waals surface area contributed by atoms with Gasteiger partial charge in [-0.3, -0.25) is 9.52 Å². The predicted molar refractivity (Wildman–Crippen MR) is 117 cm³/mol. The Morgan fingerprint density at radius 2 is 1.78 bits per heavy atom. The van der Waals surface area contributed by atoms with Crippen LogP contribution in [-0.4, -0.2) is 19.3 Å². The summed E-state index contributed by atoms with van der Waals surface area (Å²) < 4.78 is 66.0. The maximum atomic E-state index is 12.9. The van der Waals surface area contributed by atoms with Gasteiger partial charge in [-0.05, 0) is 36.4 Å². The number of hydrogen-bond acceptors (Lipinski definition) is 5. The summed E-state index contributed by atoms with van der Waals surface area (Å²) in [6.07, 6.45) is -4.57. The number of thiazole rings is 1. The van der Waals surface area contributed by atoms with Crippen molar-refractivity contribution in [3.8, 4) is 0 Å². The van der Waals surface area contributed by atoms with Crippen molar-refractivity contribution in [1.29, 1.82) is 0 Å². The van der Waals surface area contributed by atoms with Gasteiger partial charge < -0.3 is 5.32 Å². The number of benzene rings is 2. The molecule has 170 valence electrons. The highest BCUT2D eigenvalue weighted by Crippen LogP contribution is 2.31. The molecule has 0 radical (unpaired) electrons. The van der Waals surface area contributed by atoms with Crippen LogP contribution in [0.4, 0.5) is 24.5 Å². The number of nitrogens with one attached hydrogen (secondary N) is 2. The summed E-state index contributed by atoms with van der Waals surface area (Å²) in [7, 11) is -4.18. The quantitative estimate of drug-likeness (QED) is 0.479. The lowest BCUT2D eigenvalue weighted by atomic mass is 10.2. The first kappa shape index (κ1) is 23.7. The van der Waals surface area contributed by atoms with Crippen LogP contribution in [-0.2, 0) is 27.4 Å². The molecule has 2 N–H and O–H groups in total. The van der Waals surface area contributed by atoms with Crippen molar-refractivity contribution in [2.45, 2.75) is 37.3 Å². The van der Waals surface area contributed by atoms with E-state index in [1.807, 2.05) is 13.8 Å². The number of hydrogen-bond donors (Lipinski definition) is 2. The number of amides is 1. The maximum Gasteiger partial charge on any atom is 0.416 e. The van der Waals surface area contributed by atoms with E-state index in [1.54, 1.807) is 5.38 Å². The standard InChI is InChI=1S/C21H20F3N3O3S2/c1-13(2)20-26-17(12-31-20)11-19(28)25-15-6-4-8-18(10-15)32(29,30)27-16-7-3-5-14(9-16)21(22,23)24/h3-10,12-13,27H,11H2,1-2H3,(H,25,28). The molecule has 0 aliphatic carbocycles. The minimum atomic E-state index is -4.60. The fraction of sp³-hybridized carbons (Fsp3) is 0.238. The van der Waals surface area contributed by atoms with Gasteiger partial charge in [0.15, 0.2) is 0 Å². The van der Waals surface area contributed by atoms with Crippen molar-refractivity contribution < 1.29 is 26.4 Å². The highest BCUT2D eigenvalue weighted by molar-refractivity contribution is 7.92. The minimum Gasteiger partial charge on any atom is -0.326 e. The molecule has 0 atom stereocenters. The third kappa shape index (κ3) is 6.07. The van der Waals surface area contributed by atoms with E-state index in [1.165, 1.54) is 41.7 Å². The normalized spacial score (nSPS) is 12.1. The number of carbonyl (C=O) groups is 1. The first-order valence-electron chi connectivity index (χ1n) is 9.48. The molecule has 3 aromatic rings. The number of aromatic nitrogens is 1. The van der Waals surface area contributed by atoms with Crippen molar-refractivity contribution in [2.24, 2.45) is 0 Å². The van der Waals surface area contributed by atoms with Crippen molar-refractivity contribution in [3.05, 3.63) is 70.2 Å². The fourth-order valence-corrected chi connectivity index (χ4v) is 4.68. The van der Waals surface area contributed by atoms with E-state index in [2.05, 4.69) is 15.0 Å². The first-order chi connectivity index (χ1) is 14.9. The van der Waals surface area contributed by atoms with Crippen molar-refractivity contribution in [1.82, 2.24) is 4.98 Å².